The smallest absolute Gasteiger partial charge is 0.151 e. The molecule has 0 saturated heterocycles. The third kappa shape index (κ3) is 3.48. The van der Waals surface area contributed by atoms with Crippen LogP contribution in [-0.4, -0.2) is 31.1 Å². The molecule has 0 aromatic heterocycles. The first kappa shape index (κ1) is 14.3. The average molecular weight is 283 g/mol. The molecule has 4 nitrogen and oxygen atoms in total. The Bertz CT molecular complexity index is 541. The molecule has 3 unspecified atom stereocenters. The molecule has 1 aliphatic carbocycles. The summed E-state index contributed by atoms with van der Waals surface area (Å²) in [6.07, 6.45) is 3.89. The molecule has 1 aliphatic rings. The van der Waals surface area contributed by atoms with Crippen LogP contribution in [0.5, 0.6) is 5.75 Å². The lowest BCUT2D eigenvalue weighted by Crippen LogP contribution is -2.41. The van der Waals surface area contributed by atoms with Crippen molar-refractivity contribution in [3.63, 3.8) is 0 Å². The van der Waals surface area contributed by atoms with E-state index in [2.05, 4.69) is 5.32 Å². The van der Waals surface area contributed by atoms with Gasteiger partial charge in [-0.25, -0.2) is 8.42 Å². The molecule has 1 aromatic rings. The number of nitrogens with one attached hydrogen (secondary N) is 1. The monoisotopic (exact) mass is 283 g/mol. The van der Waals surface area contributed by atoms with E-state index in [1.165, 1.54) is 6.26 Å². The quantitative estimate of drug-likeness (QED) is 0.887. The van der Waals surface area contributed by atoms with Crippen LogP contribution in [0, 0.1) is 0 Å². The molecule has 2 N–H and O–H groups in total. The van der Waals surface area contributed by atoms with E-state index >= 15 is 0 Å². The zero-order valence-electron chi connectivity index (χ0n) is 11.3. The number of rotatable bonds is 4. The van der Waals surface area contributed by atoms with Crippen molar-refractivity contribution in [2.75, 3.05) is 6.26 Å². The lowest BCUT2D eigenvalue weighted by molar-refractivity contribution is 0.449. The van der Waals surface area contributed by atoms with Gasteiger partial charge >= 0.3 is 0 Å². The molecule has 1 fully saturated rings. The highest BCUT2D eigenvalue weighted by Gasteiger charge is 2.35. The summed E-state index contributed by atoms with van der Waals surface area (Å²) < 4.78 is 23.5. The van der Waals surface area contributed by atoms with Crippen LogP contribution in [0.3, 0.4) is 0 Å². The van der Waals surface area contributed by atoms with Crippen molar-refractivity contribution in [2.24, 2.45) is 0 Å². The van der Waals surface area contributed by atoms with E-state index in [0.29, 0.717) is 0 Å². The van der Waals surface area contributed by atoms with Gasteiger partial charge in [0.2, 0.25) is 0 Å². The summed E-state index contributed by atoms with van der Waals surface area (Å²) in [6, 6.07) is 7.10. The van der Waals surface area contributed by atoms with Gasteiger partial charge in [0.1, 0.15) is 5.75 Å². The molecule has 19 heavy (non-hydrogen) atoms. The highest BCUT2D eigenvalue weighted by atomic mass is 32.2. The first-order valence-corrected chi connectivity index (χ1v) is 8.57. The Morgan fingerprint density at radius 3 is 2.74 bits per heavy atom. The zero-order chi connectivity index (χ0) is 14.0. The zero-order valence-corrected chi connectivity index (χ0v) is 12.2. The molecule has 0 aliphatic heterocycles. The van der Waals surface area contributed by atoms with Gasteiger partial charge in [-0.05, 0) is 37.5 Å². The predicted octanol–water partition coefficient (Wildman–Crippen LogP) is 2.01. The van der Waals surface area contributed by atoms with Gasteiger partial charge in [0, 0.05) is 18.3 Å². The van der Waals surface area contributed by atoms with Gasteiger partial charge in [0.25, 0.3) is 0 Å². The first-order valence-electron chi connectivity index (χ1n) is 6.62. The van der Waals surface area contributed by atoms with Gasteiger partial charge in [0.15, 0.2) is 9.84 Å². The first-order chi connectivity index (χ1) is 8.88. The Hall–Kier alpha value is -1.07. The lowest BCUT2D eigenvalue weighted by Gasteiger charge is -2.24. The van der Waals surface area contributed by atoms with E-state index in [9.17, 15) is 13.5 Å². The minimum Gasteiger partial charge on any atom is -0.508 e. The van der Waals surface area contributed by atoms with Crippen LogP contribution in [0.15, 0.2) is 24.3 Å². The summed E-state index contributed by atoms with van der Waals surface area (Å²) in [5, 5.41) is 12.6. The fraction of sp³-hybridized carbons (Fsp3) is 0.571. The van der Waals surface area contributed by atoms with Crippen molar-refractivity contribution in [2.45, 2.75) is 43.5 Å². The molecule has 0 spiro atoms. The minimum absolute atomic E-state index is 0.00680. The number of hydrogen-bond acceptors (Lipinski definition) is 4. The molecule has 106 valence electrons. The highest BCUT2D eigenvalue weighted by Crippen LogP contribution is 2.28. The van der Waals surface area contributed by atoms with Gasteiger partial charge in [0.05, 0.1) is 5.25 Å². The molecule has 5 heteroatoms. The van der Waals surface area contributed by atoms with Gasteiger partial charge in [-0.15, -0.1) is 0 Å². The van der Waals surface area contributed by atoms with Crippen LogP contribution < -0.4 is 5.32 Å². The van der Waals surface area contributed by atoms with E-state index in [-0.39, 0.29) is 23.1 Å². The molecule has 0 heterocycles. The van der Waals surface area contributed by atoms with Gasteiger partial charge in [-0.2, -0.15) is 0 Å². The second kappa shape index (κ2) is 5.51. The van der Waals surface area contributed by atoms with E-state index in [4.69, 9.17) is 0 Å². The van der Waals surface area contributed by atoms with Crippen LogP contribution in [0.2, 0.25) is 0 Å². The SMILES string of the molecule is CC(NC1CCCC1S(C)(=O)=O)c1cccc(O)c1. The number of phenolic OH excluding ortho intramolecular Hbond substituents is 1. The minimum atomic E-state index is -3.00. The van der Waals surface area contributed by atoms with Crippen LogP contribution in [-0.2, 0) is 9.84 Å². The summed E-state index contributed by atoms with van der Waals surface area (Å²) >= 11 is 0. The number of aromatic hydroxyl groups is 1. The van der Waals surface area contributed by atoms with Crippen molar-refractivity contribution in [3.8, 4) is 5.75 Å². The van der Waals surface area contributed by atoms with E-state index in [1.807, 2.05) is 13.0 Å². The summed E-state index contributed by atoms with van der Waals surface area (Å²) in [4.78, 5) is 0. The Balaban J connectivity index is 2.08. The Kier molecular flexibility index (Phi) is 4.16. The molecule has 0 radical (unpaired) electrons. The predicted molar refractivity (Wildman–Crippen MR) is 75.9 cm³/mol. The van der Waals surface area contributed by atoms with Crippen LogP contribution in [0.1, 0.15) is 37.8 Å². The molecular weight excluding hydrogens is 262 g/mol. The molecular formula is C14H21NO3S. The topological polar surface area (TPSA) is 66.4 Å². The third-order valence-corrected chi connectivity index (χ3v) is 5.50. The van der Waals surface area contributed by atoms with Crippen molar-refractivity contribution >= 4 is 9.84 Å². The maximum absolute atomic E-state index is 11.7. The molecule has 1 aromatic carbocycles. The largest absolute Gasteiger partial charge is 0.508 e. The normalized spacial score (nSPS) is 25.4. The second-order valence-corrected chi connectivity index (χ2v) is 7.65. The lowest BCUT2D eigenvalue weighted by atomic mass is 10.1. The van der Waals surface area contributed by atoms with E-state index in [1.54, 1.807) is 18.2 Å². The van der Waals surface area contributed by atoms with Crippen LogP contribution in [0.25, 0.3) is 0 Å². The number of benzene rings is 1. The maximum Gasteiger partial charge on any atom is 0.151 e. The fourth-order valence-electron chi connectivity index (χ4n) is 2.84. The molecule has 1 saturated carbocycles. The highest BCUT2D eigenvalue weighted by molar-refractivity contribution is 7.91. The summed E-state index contributed by atoms with van der Waals surface area (Å²) in [7, 11) is -3.00. The standard InChI is InChI=1S/C14H21NO3S/c1-10(11-5-3-6-12(16)9-11)15-13-7-4-8-14(13)19(2,17)18/h3,5-6,9-10,13-16H,4,7-8H2,1-2H3. The van der Waals surface area contributed by atoms with Crippen molar-refractivity contribution in [1.29, 1.82) is 0 Å². The fourth-order valence-corrected chi connectivity index (χ4v) is 4.25. The van der Waals surface area contributed by atoms with Gasteiger partial charge in [-0.1, -0.05) is 18.6 Å². The summed E-state index contributed by atoms with van der Waals surface area (Å²) in [5.74, 6) is 0.234. The number of phenols is 1. The summed E-state index contributed by atoms with van der Waals surface area (Å²) in [5.41, 5.74) is 0.971. The van der Waals surface area contributed by atoms with Crippen molar-refractivity contribution in [1.82, 2.24) is 5.32 Å². The van der Waals surface area contributed by atoms with Crippen LogP contribution >= 0.6 is 0 Å². The van der Waals surface area contributed by atoms with E-state index < -0.39 is 9.84 Å². The molecule has 3 atom stereocenters. The summed E-state index contributed by atoms with van der Waals surface area (Å²) in [6.45, 7) is 1.99. The Morgan fingerprint density at radius 2 is 2.11 bits per heavy atom. The van der Waals surface area contributed by atoms with Crippen molar-refractivity contribution in [3.05, 3.63) is 29.8 Å². The second-order valence-electron chi connectivity index (χ2n) is 5.39. The maximum atomic E-state index is 11.7. The number of hydrogen-bond donors (Lipinski definition) is 2. The van der Waals surface area contributed by atoms with Crippen molar-refractivity contribution < 1.29 is 13.5 Å². The Labute approximate surface area is 114 Å². The average Bonchev–Trinajstić information content (AvgIpc) is 2.77. The number of sulfone groups is 1. The van der Waals surface area contributed by atoms with Gasteiger partial charge in [-0.3, -0.25) is 0 Å². The molecule has 0 bridgehead atoms. The third-order valence-electron chi connectivity index (χ3n) is 3.84. The van der Waals surface area contributed by atoms with E-state index in [0.717, 1.165) is 24.8 Å². The van der Waals surface area contributed by atoms with Gasteiger partial charge < -0.3 is 10.4 Å². The molecule has 2 rings (SSSR count). The Morgan fingerprint density at radius 1 is 1.37 bits per heavy atom. The molecule has 0 amide bonds. The van der Waals surface area contributed by atoms with Crippen LogP contribution in [0.4, 0.5) is 0 Å².